The molecule has 0 spiro atoms. The first kappa shape index (κ1) is 14.3. The molecular weight excluding hydrogens is 178 g/mol. The summed E-state index contributed by atoms with van der Waals surface area (Å²) in [6, 6.07) is -0.755. The number of aliphatic carboxylic acids is 1. The van der Waals surface area contributed by atoms with Crippen molar-refractivity contribution >= 4 is 18.4 Å². The normalized spacial score (nSPS) is 16.1. The first-order valence-corrected chi connectivity index (χ1v) is 3.75. The van der Waals surface area contributed by atoms with Gasteiger partial charge in [-0.05, 0) is 11.3 Å². The smallest absolute Gasteiger partial charge is 0.320 e. The Labute approximate surface area is 79.7 Å². The topological polar surface area (TPSA) is 63.3 Å². The minimum Gasteiger partial charge on any atom is -0.480 e. The lowest BCUT2D eigenvalue weighted by atomic mass is 9.78. The van der Waals surface area contributed by atoms with Crippen LogP contribution in [-0.2, 0) is 4.79 Å². The fourth-order valence-corrected chi connectivity index (χ4v) is 0.753. The summed E-state index contributed by atoms with van der Waals surface area (Å²) in [4.78, 5) is 10.5. The Bertz CT molecular complexity index is 154. The van der Waals surface area contributed by atoms with E-state index >= 15 is 0 Å². The Kier molecular flexibility index (Phi) is 5.55. The van der Waals surface area contributed by atoms with Crippen molar-refractivity contribution in [3.8, 4) is 0 Å². The van der Waals surface area contributed by atoms with Gasteiger partial charge in [-0.2, -0.15) is 0 Å². The van der Waals surface area contributed by atoms with Crippen molar-refractivity contribution in [3.05, 3.63) is 0 Å². The summed E-state index contributed by atoms with van der Waals surface area (Å²) >= 11 is 0. The Morgan fingerprint density at radius 1 is 1.42 bits per heavy atom. The minimum atomic E-state index is -0.924. The SMILES string of the molecule is CC([C@H](N)C(=O)O)C(C)(C)C.Cl. The number of nitrogens with two attached hydrogens (primary N) is 1. The number of carboxylic acid groups (broad SMARTS) is 1. The molecular formula is C8H18ClNO2. The van der Waals surface area contributed by atoms with Crippen LogP contribution < -0.4 is 5.73 Å². The van der Waals surface area contributed by atoms with Crippen molar-refractivity contribution < 1.29 is 9.90 Å². The summed E-state index contributed by atoms with van der Waals surface area (Å²) in [5.74, 6) is -0.938. The highest BCUT2D eigenvalue weighted by Gasteiger charge is 2.29. The number of carboxylic acids is 1. The second-order valence-electron chi connectivity index (χ2n) is 4.02. The summed E-state index contributed by atoms with van der Waals surface area (Å²) in [5, 5.41) is 8.59. The Morgan fingerprint density at radius 2 is 1.75 bits per heavy atom. The summed E-state index contributed by atoms with van der Waals surface area (Å²) in [6.45, 7) is 7.82. The fraction of sp³-hybridized carbons (Fsp3) is 0.875. The van der Waals surface area contributed by atoms with Gasteiger partial charge in [0.1, 0.15) is 6.04 Å². The highest BCUT2D eigenvalue weighted by atomic mass is 35.5. The average molecular weight is 196 g/mol. The molecule has 0 aromatic rings. The average Bonchev–Trinajstić information content (AvgIpc) is 1.82. The van der Waals surface area contributed by atoms with E-state index in [4.69, 9.17) is 10.8 Å². The van der Waals surface area contributed by atoms with E-state index < -0.39 is 12.0 Å². The summed E-state index contributed by atoms with van der Waals surface area (Å²) < 4.78 is 0. The first-order chi connectivity index (χ1) is 4.76. The zero-order valence-electron chi connectivity index (χ0n) is 8.00. The predicted octanol–water partition coefficient (Wildman–Crippen LogP) is 1.50. The molecule has 0 fully saturated rings. The van der Waals surface area contributed by atoms with Crippen LogP contribution in [0.25, 0.3) is 0 Å². The molecule has 1 unspecified atom stereocenters. The molecule has 3 nitrogen and oxygen atoms in total. The van der Waals surface area contributed by atoms with Gasteiger partial charge in [0.2, 0.25) is 0 Å². The lowest BCUT2D eigenvalue weighted by molar-refractivity contribution is -0.140. The van der Waals surface area contributed by atoms with Crippen molar-refractivity contribution in [3.63, 3.8) is 0 Å². The van der Waals surface area contributed by atoms with Crippen LogP contribution in [0.4, 0.5) is 0 Å². The second kappa shape index (κ2) is 4.67. The monoisotopic (exact) mass is 195 g/mol. The quantitative estimate of drug-likeness (QED) is 0.702. The van der Waals surface area contributed by atoms with E-state index in [2.05, 4.69) is 0 Å². The van der Waals surface area contributed by atoms with Gasteiger partial charge in [-0.1, -0.05) is 27.7 Å². The van der Waals surface area contributed by atoms with Crippen molar-refractivity contribution in [1.29, 1.82) is 0 Å². The molecule has 4 heteroatoms. The Balaban J connectivity index is 0. The Morgan fingerprint density at radius 3 is 1.83 bits per heavy atom. The van der Waals surface area contributed by atoms with E-state index in [-0.39, 0.29) is 23.7 Å². The molecule has 74 valence electrons. The summed E-state index contributed by atoms with van der Waals surface area (Å²) in [5.41, 5.74) is 5.40. The van der Waals surface area contributed by atoms with Crippen molar-refractivity contribution in [1.82, 2.24) is 0 Å². The third kappa shape index (κ3) is 3.93. The molecule has 0 heterocycles. The fourth-order valence-electron chi connectivity index (χ4n) is 0.753. The van der Waals surface area contributed by atoms with Gasteiger partial charge in [-0.15, -0.1) is 12.4 Å². The molecule has 0 bridgehead atoms. The maximum atomic E-state index is 10.5. The molecule has 0 aliphatic carbocycles. The highest BCUT2D eigenvalue weighted by Crippen LogP contribution is 2.27. The van der Waals surface area contributed by atoms with Crippen molar-refractivity contribution in [2.45, 2.75) is 33.7 Å². The molecule has 0 radical (unpaired) electrons. The largest absolute Gasteiger partial charge is 0.480 e. The van der Waals surface area contributed by atoms with Crippen LogP contribution in [0.5, 0.6) is 0 Å². The van der Waals surface area contributed by atoms with Crippen LogP contribution in [0.1, 0.15) is 27.7 Å². The third-order valence-electron chi connectivity index (χ3n) is 2.19. The summed E-state index contributed by atoms with van der Waals surface area (Å²) in [6.07, 6.45) is 0. The molecule has 0 amide bonds. The molecule has 0 saturated carbocycles. The molecule has 0 aliphatic rings. The molecule has 12 heavy (non-hydrogen) atoms. The van der Waals surface area contributed by atoms with Crippen LogP contribution >= 0.6 is 12.4 Å². The zero-order chi connectivity index (χ0) is 9.23. The lowest BCUT2D eigenvalue weighted by Crippen LogP contribution is -2.42. The molecule has 0 aromatic heterocycles. The maximum Gasteiger partial charge on any atom is 0.320 e. The first-order valence-electron chi connectivity index (χ1n) is 3.75. The van der Waals surface area contributed by atoms with Gasteiger partial charge in [0.25, 0.3) is 0 Å². The molecule has 2 atom stereocenters. The Hall–Kier alpha value is -0.280. The maximum absolute atomic E-state index is 10.5. The lowest BCUT2D eigenvalue weighted by Gasteiger charge is -2.29. The number of rotatable bonds is 2. The van der Waals surface area contributed by atoms with Crippen LogP contribution in [0.3, 0.4) is 0 Å². The molecule has 0 rings (SSSR count). The molecule has 3 N–H and O–H groups in total. The van der Waals surface area contributed by atoms with Crippen LogP contribution in [-0.4, -0.2) is 17.1 Å². The van der Waals surface area contributed by atoms with E-state index in [1.165, 1.54) is 0 Å². The molecule has 0 aromatic carbocycles. The third-order valence-corrected chi connectivity index (χ3v) is 2.19. The van der Waals surface area contributed by atoms with E-state index in [0.717, 1.165) is 0 Å². The molecule has 0 aliphatic heterocycles. The number of halogens is 1. The van der Waals surface area contributed by atoms with E-state index in [1.807, 2.05) is 27.7 Å². The van der Waals surface area contributed by atoms with Crippen molar-refractivity contribution in [2.24, 2.45) is 17.1 Å². The number of carbonyl (C=O) groups is 1. The van der Waals surface area contributed by atoms with Crippen LogP contribution in [0.2, 0.25) is 0 Å². The van der Waals surface area contributed by atoms with E-state index in [1.54, 1.807) is 0 Å². The predicted molar refractivity (Wildman–Crippen MR) is 51.5 cm³/mol. The van der Waals surface area contributed by atoms with Gasteiger partial charge in [0, 0.05) is 0 Å². The standard InChI is InChI=1S/C8H17NO2.ClH/c1-5(8(2,3)4)6(9)7(10)11;/h5-6H,9H2,1-4H3,(H,10,11);1H/t5?,6-;/m0./s1. The van der Waals surface area contributed by atoms with Crippen LogP contribution in [0.15, 0.2) is 0 Å². The van der Waals surface area contributed by atoms with Gasteiger partial charge < -0.3 is 10.8 Å². The summed E-state index contributed by atoms with van der Waals surface area (Å²) in [7, 11) is 0. The van der Waals surface area contributed by atoms with Gasteiger partial charge in [0.05, 0.1) is 0 Å². The minimum absolute atomic E-state index is 0. The van der Waals surface area contributed by atoms with Gasteiger partial charge >= 0.3 is 5.97 Å². The van der Waals surface area contributed by atoms with Gasteiger partial charge in [0.15, 0.2) is 0 Å². The highest BCUT2D eigenvalue weighted by molar-refractivity contribution is 5.85. The zero-order valence-corrected chi connectivity index (χ0v) is 8.81. The van der Waals surface area contributed by atoms with E-state index in [0.29, 0.717) is 0 Å². The second-order valence-corrected chi connectivity index (χ2v) is 4.02. The van der Waals surface area contributed by atoms with E-state index in [9.17, 15) is 4.79 Å². The molecule has 0 saturated heterocycles. The van der Waals surface area contributed by atoms with Crippen LogP contribution in [0, 0.1) is 11.3 Å². The van der Waals surface area contributed by atoms with Crippen molar-refractivity contribution in [2.75, 3.05) is 0 Å². The van der Waals surface area contributed by atoms with Gasteiger partial charge in [-0.3, -0.25) is 4.79 Å². The van der Waals surface area contributed by atoms with Gasteiger partial charge in [-0.25, -0.2) is 0 Å². The number of hydrogen-bond acceptors (Lipinski definition) is 2. The number of hydrogen-bond donors (Lipinski definition) is 2.